The van der Waals surface area contributed by atoms with Gasteiger partial charge in [0.1, 0.15) is 5.84 Å². The van der Waals surface area contributed by atoms with Gasteiger partial charge >= 0.3 is 0 Å². The number of benzene rings is 2. The first-order valence-corrected chi connectivity index (χ1v) is 9.03. The van der Waals surface area contributed by atoms with Crippen molar-refractivity contribution in [2.45, 2.75) is 40.0 Å². The minimum Gasteiger partial charge on any atom is -0.322 e. The predicted molar refractivity (Wildman–Crippen MR) is 105 cm³/mol. The van der Waals surface area contributed by atoms with Crippen LogP contribution in [-0.2, 0) is 0 Å². The molecule has 2 aromatic carbocycles. The highest BCUT2D eigenvalue weighted by Gasteiger charge is 2.21. The summed E-state index contributed by atoms with van der Waals surface area (Å²) < 4.78 is 0. The van der Waals surface area contributed by atoms with E-state index in [9.17, 15) is 4.79 Å². The minimum atomic E-state index is 0.133. The van der Waals surface area contributed by atoms with Gasteiger partial charge in [0.25, 0.3) is 0 Å². The Bertz CT molecular complexity index is 790. The highest BCUT2D eigenvalue weighted by atomic mass is 16.1. The molecule has 1 aliphatic heterocycles. The maximum absolute atomic E-state index is 12.9. The van der Waals surface area contributed by atoms with Gasteiger partial charge in [0.05, 0.1) is 6.54 Å². The molecule has 0 saturated carbocycles. The molecule has 0 bridgehead atoms. The number of Topliss-reactive ketones (excluding diaryl/α,β-unsaturated/α-hetero) is 1. The highest BCUT2D eigenvalue weighted by molar-refractivity contribution is 6.07. The van der Waals surface area contributed by atoms with E-state index in [1.54, 1.807) is 0 Å². The molecule has 3 nitrogen and oxygen atoms in total. The van der Waals surface area contributed by atoms with Crippen LogP contribution in [0.15, 0.2) is 47.5 Å². The van der Waals surface area contributed by atoms with E-state index in [1.165, 1.54) is 16.7 Å². The van der Waals surface area contributed by atoms with E-state index in [-0.39, 0.29) is 5.78 Å². The Morgan fingerprint density at radius 3 is 2.48 bits per heavy atom. The number of rotatable bonds is 4. The number of hydrogen-bond acceptors (Lipinski definition) is 3. The lowest BCUT2D eigenvalue weighted by Crippen LogP contribution is -2.37. The van der Waals surface area contributed by atoms with Gasteiger partial charge in [-0.1, -0.05) is 42.0 Å². The number of ketones is 1. The molecule has 0 radical (unpaired) electrons. The van der Waals surface area contributed by atoms with Crippen molar-refractivity contribution in [3.63, 3.8) is 0 Å². The van der Waals surface area contributed by atoms with Crippen LogP contribution >= 0.6 is 0 Å². The molecule has 0 fully saturated rings. The molecule has 1 aliphatic rings. The Hall–Kier alpha value is -2.42. The van der Waals surface area contributed by atoms with Crippen LogP contribution in [0, 0.1) is 20.8 Å². The molecule has 3 heteroatoms. The summed E-state index contributed by atoms with van der Waals surface area (Å²) in [5.74, 6) is 1.18. The fraction of sp³-hybridized carbons (Fsp3) is 0.364. The fourth-order valence-electron chi connectivity index (χ4n) is 3.22. The molecule has 0 N–H and O–H groups in total. The van der Waals surface area contributed by atoms with Crippen molar-refractivity contribution in [2.24, 2.45) is 4.99 Å². The summed E-state index contributed by atoms with van der Waals surface area (Å²) in [6.07, 6.45) is 3.21. The molecule has 0 spiro atoms. The monoisotopic (exact) mass is 334 g/mol. The number of carbonyl (C=O) groups excluding carboxylic acids is 1. The average Bonchev–Trinajstić information content (AvgIpc) is 2.63. The molecule has 3 rings (SSSR count). The molecule has 0 saturated heterocycles. The average molecular weight is 334 g/mol. The molecule has 130 valence electrons. The van der Waals surface area contributed by atoms with Crippen molar-refractivity contribution < 1.29 is 4.79 Å². The zero-order valence-corrected chi connectivity index (χ0v) is 15.4. The van der Waals surface area contributed by atoms with Crippen molar-refractivity contribution in [1.82, 2.24) is 0 Å². The third kappa shape index (κ3) is 3.98. The minimum absolute atomic E-state index is 0.133. The van der Waals surface area contributed by atoms with Gasteiger partial charge < -0.3 is 4.90 Å². The lowest BCUT2D eigenvalue weighted by molar-refractivity contribution is 0.100. The van der Waals surface area contributed by atoms with E-state index >= 15 is 0 Å². The topological polar surface area (TPSA) is 32.7 Å². The quantitative estimate of drug-likeness (QED) is 0.746. The second kappa shape index (κ2) is 7.64. The summed E-state index contributed by atoms with van der Waals surface area (Å²) in [6, 6.07) is 14.1. The van der Waals surface area contributed by atoms with Gasteiger partial charge in [0, 0.05) is 24.2 Å². The molecule has 0 unspecified atom stereocenters. The number of hydrogen-bond donors (Lipinski definition) is 0. The number of amidine groups is 1. The molecule has 0 atom stereocenters. The van der Waals surface area contributed by atoms with Crippen LogP contribution in [0.3, 0.4) is 0 Å². The van der Waals surface area contributed by atoms with E-state index < -0.39 is 0 Å². The summed E-state index contributed by atoms with van der Waals surface area (Å²) in [7, 11) is 0. The van der Waals surface area contributed by atoms with Gasteiger partial charge in [-0.05, 0) is 50.8 Å². The van der Waals surface area contributed by atoms with E-state index in [2.05, 4.69) is 36.9 Å². The Labute approximate surface area is 150 Å². The van der Waals surface area contributed by atoms with Gasteiger partial charge in [-0.2, -0.15) is 0 Å². The first-order valence-electron chi connectivity index (χ1n) is 9.03. The lowest BCUT2D eigenvalue weighted by Gasteiger charge is -2.29. The number of aryl methyl sites for hydroxylation is 2. The van der Waals surface area contributed by atoms with E-state index in [4.69, 9.17) is 4.99 Å². The fourth-order valence-corrected chi connectivity index (χ4v) is 3.22. The summed E-state index contributed by atoms with van der Waals surface area (Å²) in [5, 5.41) is 0. The molecule has 1 heterocycles. The second-order valence-electron chi connectivity index (χ2n) is 6.85. The normalized spacial score (nSPS) is 14.1. The summed E-state index contributed by atoms with van der Waals surface area (Å²) in [5.41, 5.74) is 5.48. The molecule has 0 aliphatic carbocycles. The van der Waals surface area contributed by atoms with E-state index in [0.29, 0.717) is 6.54 Å². The van der Waals surface area contributed by atoms with Gasteiger partial charge in [-0.25, -0.2) is 0 Å². The molecule has 0 aromatic heterocycles. The smallest absolute Gasteiger partial charge is 0.182 e. The summed E-state index contributed by atoms with van der Waals surface area (Å²) in [6.45, 7) is 7.47. The first kappa shape index (κ1) is 17.4. The zero-order valence-electron chi connectivity index (χ0n) is 15.4. The first-order chi connectivity index (χ1) is 12.1. The highest BCUT2D eigenvalue weighted by Crippen LogP contribution is 2.26. The molecule has 2 aromatic rings. The van der Waals surface area contributed by atoms with E-state index in [0.717, 1.165) is 42.9 Å². The number of carbonyl (C=O) groups is 1. The Morgan fingerprint density at radius 1 is 1.04 bits per heavy atom. The molecular weight excluding hydrogens is 308 g/mol. The third-order valence-corrected chi connectivity index (χ3v) is 4.96. The van der Waals surface area contributed by atoms with Crippen molar-refractivity contribution in [1.29, 1.82) is 0 Å². The molecular formula is C22H26N2O. The maximum Gasteiger partial charge on any atom is 0.182 e. The zero-order chi connectivity index (χ0) is 17.8. The van der Waals surface area contributed by atoms with Crippen LogP contribution in [0.1, 0.15) is 46.3 Å². The van der Waals surface area contributed by atoms with Gasteiger partial charge in [-0.3, -0.25) is 9.79 Å². The Kier molecular flexibility index (Phi) is 5.32. The third-order valence-electron chi connectivity index (χ3n) is 4.96. The van der Waals surface area contributed by atoms with Crippen molar-refractivity contribution in [3.05, 3.63) is 64.7 Å². The number of aliphatic imine (C=N–C) groups is 1. The van der Waals surface area contributed by atoms with Crippen molar-refractivity contribution >= 4 is 17.3 Å². The van der Waals surface area contributed by atoms with Crippen LogP contribution in [0.2, 0.25) is 0 Å². The number of anilines is 1. The summed E-state index contributed by atoms with van der Waals surface area (Å²) >= 11 is 0. The lowest BCUT2D eigenvalue weighted by atomic mass is 10.0. The van der Waals surface area contributed by atoms with Crippen LogP contribution in [0.25, 0.3) is 0 Å². The second-order valence-corrected chi connectivity index (χ2v) is 6.85. The van der Waals surface area contributed by atoms with Crippen molar-refractivity contribution in [3.8, 4) is 0 Å². The predicted octanol–water partition coefficient (Wildman–Crippen LogP) is 4.88. The summed E-state index contributed by atoms with van der Waals surface area (Å²) in [4.78, 5) is 19.7. The maximum atomic E-state index is 12.9. The standard InChI is InChI=1S/C22H26N2O/c1-16-10-12-19(13-11-16)21(25)15-24(22-9-4-5-14-23-22)20-8-6-7-17(2)18(20)3/h6-8,10-13H,4-5,9,14-15H2,1-3H3. The van der Waals surface area contributed by atoms with E-state index in [1.807, 2.05) is 31.2 Å². The largest absolute Gasteiger partial charge is 0.322 e. The van der Waals surface area contributed by atoms with Crippen LogP contribution in [0.5, 0.6) is 0 Å². The number of nitrogens with zero attached hydrogens (tertiary/aromatic N) is 2. The van der Waals surface area contributed by atoms with Crippen LogP contribution < -0.4 is 4.90 Å². The van der Waals surface area contributed by atoms with Crippen LogP contribution in [0.4, 0.5) is 5.69 Å². The van der Waals surface area contributed by atoms with Crippen molar-refractivity contribution in [2.75, 3.05) is 18.0 Å². The SMILES string of the molecule is Cc1ccc(C(=O)CN(C2=NCCCC2)c2cccc(C)c2C)cc1. The van der Waals surface area contributed by atoms with Crippen LogP contribution in [-0.4, -0.2) is 24.7 Å². The Morgan fingerprint density at radius 2 is 1.80 bits per heavy atom. The molecule has 0 amide bonds. The van der Waals surface area contributed by atoms with Gasteiger partial charge in [-0.15, -0.1) is 0 Å². The van der Waals surface area contributed by atoms with Gasteiger partial charge in [0.2, 0.25) is 0 Å². The van der Waals surface area contributed by atoms with Gasteiger partial charge in [0.15, 0.2) is 5.78 Å². The molecule has 25 heavy (non-hydrogen) atoms. The Balaban J connectivity index is 1.94.